The Kier molecular flexibility index (Phi) is 3.87. The van der Waals surface area contributed by atoms with Crippen molar-refractivity contribution in [1.29, 1.82) is 0 Å². The number of fused-ring (bicyclic) bond motifs is 5. The highest BCUT2D eigenvalue weighted by molar-refractivity contribution is 7.08. The van der Waals surface area contributed by atoms with E-state index in [-0.39, 0.29) is 17.4 Å². The Balaban J connectivity index is 1.56. The van der Waals surface area contributed by atoms with Gasteiger partial charge in [-0.05, 0) is 91.0 Å². The lowest BCUT2D eigenvalue weighted by Crippen LogP contribution is -2.63. The number of aliphatic hydroxyl groups is 3. The Labute approximate surface area is 166 Å². The zero-order chi connectivity index (χ0) is 19.1. The number of allylic oxidation sites excluding steroid dienone is 1. The van der Waals surface area contributed by atoms with Crippen LogP contribution in [0.15, 0.2) is 28.5 Å². The third-order valence-electron chi connectivity index (χ3n) is 9.41. The maximum Gasteiger partial charge on any atom is 0.0986 e. The van der Waals surface area contributed by atoms with Gasteiger partial charge in [-0.3, -0.25) is 0 Å². The lowest BCUT2D eigenvalue weighted by molar-refractivity contribution is -0.218. The van der Waals surface area contributed by atoms with Crippen molar-refractivity contribution in [1.82, 2.24) is 0 Å². The number of hydrogen-bond acceptors (Lipinski definition) is 4. The van der Waals surface area contributed by atoms with Gasteiger partial charge in [-0.2, -0.15) is 11.3 Å². The molecule has 1 aromatic heterocycles. The van der Waals surface area contributed by atoms with E-state index in [2.05, 4.69) is 25.3 Å². The Bertz CT molecular complexity index is 773. The van der Waals surface area contributed by atoms with Crippen molar-refractivity contribution in [3.8, 4) is 0 Å². The number of thiophene rings is 1. The zero-order valence-corrected chi connectivity index (χ0v) is 17.3. The minimum Gasteiger partial charge on any atom is -0.393 e. The van der Waals surface area contributed by atoms with E-state index in [4.69, 9.17) is 0 Å². The summed E-state index contributed by atoms with van der Waals surface area (Å²) >= 11 is 1.62. The van der Waals surface area contributed by atoms with Crippen molar-refractivity contribution < 1.29 is 15.3 Å². The molecule has 3 N–H and O–H groups in total. The lowest BCUT2D eigenvalue weighted by atomic mass is 9.45. The van der Waals surface area contributed by atoms with Crippen LogP contribution in [0.2, 0.25) is 0 Å². The fourth-order valence-corrected chi connectivity index (χ4v) is 8.31. The van der Waals surface area contributed by atoms with Crippen molar-refractivity contribution in [2.45, 2.75) is 82.5 Å². The first-order valence-electron chi connectivity index (χ1n) is 10.6. The van der Waals surface area contributed by atoms with Gasteiger partial charge < -0.3 is 15.3 Å². The third kappa shape index (κ3) is 2.13. The van der Waals surface area contributed by atoms with Crippen LogP contribution >= 0.6 is 11.3 Å². The van der Waals surface area contributed by atoms with Crippen LogP contribution in [0.1, 0.15) is 70.8 Å². The quantitative estimate of drug-likeness (QED) is 0.626. The van der Waals surface area contributed by atoms with E-state index in [0.29, 0.717) is 18.8 Å². The first-order valence-corrected chi connectivity index (χ1v) is 11.5. The highest BCUT2D eigenvalue weighted by Gasteiger charge is 2.71. The normalized spacial score (nSPS) is 51.9. The molecule has 0 aromatic carbocycles. The highest BCUT2D eigenvalue weighted by atomic mass is 32.1. The van der Waals surface area contributed by atoms with E-state index in [0.717, 1.165) is 44.1 Å². The van der Waals surface area contributed by atoms with Gasteiger partial charge in [0.25, 0.3) is 0 Å². The van der Waals surface area contributed by atoms with E-state index in [9.17, 15) is 15.3 Å². The van der Waals surface area contributed by atoms with Gasteiger partial charge >= 0.3 is 0 Å². The second-order valence-corrected chi connectivity index (χ2v) is 10.9. The maximum absolute atomic E-state index is 12.1. The Hall–Kier alpha value is -0.680. The van der Waals surface area contributed by atoms with Crippen molar-refractivity contribution in [2.75, 3.05) is 0 Å². The third-order valence-corrected chi connectivity index (χ3v) is 10.1. The molecule has 3 fully saturated rings. The average Bonchev–Trinajstić information content (AvgIpc) is 3.24. The van der Waals surface area contributed by atoms with E-state index < -0.39 is 16.6 Å². The van der Waals surface area contributed by atoms with Crippen LogP contribution in [0.4, 0.5) is 0 Å². The molecule has 7 atom stereocenters. The monoisotopic (exact) mass is 388 g/mol. The minimum atomic E-state index is -0.930. The zero-order valence-electron chi connectivity index (χ0n) is 16.4. The molecular weight excluding hydrogens is 356 g/mol. The fraction of sp³-hybridized carbons (Fsp3) is 0.739. The van der Waals surface area contributed by atoms with Crippen LogP contribution in [0.5, 0.6) is 0 Å². The highest BCUT2D eigenvalue weighted by Crippen LogP contribution is 2.70. The largest absolute Gasteiger partial charge is 0.393 e. The maximum atomic E-state index is 12.1. The molecule has 3 nitrogen and oxygen atoms in total. The van der Waals surface area contributed by atoms with Gasteiger partial charge in [-0.25, -0.2) is 0 Å². The molecule has 5 rings (SSSR count). The topological polar surface area (TPSA) is 60.7 Å². The fourth-order valence-electron chi connectivity index (χ4n) is 7.59. The molecule has 0 spiro atoms. The van der Waals surface area contributed by atoms with Crippen LogP contribution in [-0.2, 0) is 5.60 Å². The van der Waals surface area contributed by atoms with Crippen LogP contribution in [0.3, 0.4) is 0 Å². The smallest absolute Gasteiger partial charge is 0.0986 e. The molecule has 148 valence electrons. The molecule has 4 aliphatic rings. The first kappa shape index (κ1) is 18.4. The second kappa shape index (κ2) is 5.69. The lowest BCUT2D eigenvalue weighted by Gasteiger charge is -2.62. The molecule has 4 heteroatoms. The number of hydrogen-bond donors (Lipinski definition) is 3. The summed E-state index contributed by atoms with van der Waals surface area (Å²) < 4.78 is 0. The van der Waals surface area contributed by atoms with Crippen LogP contribution < -0.4 is 0 Å². The van der Waals surface area contributed by atoms with Crippen molar-refractivity contribution in [3.63, 3.8) is 0 Å². The van der Waals surface area contributed by atoms with Gasteiger partial charge in [-0.15, -0.1) is 0 Å². The minimum absolute atomic E-state index is 0.0995. The predicted molar refractivity (Wildman–Crippen MR) is 107 cm³/mol. The molecule has 3 saturated carbocycles. The summed E-state index contributed by atoms with van der Waals surface area (Å²) in [7, 11) is 0. The molecule has 0 radical (unpaired) electrons. The molecule has 0 saturated heterocycles. The molecule has 0 amide bonds. The van der Waals surface area contributed by atoms with E-state index in [1.165, 1.54) is 5.57 Å². The standard InChI is InChI=1S/C23H32O3S/c1-20-8-5-17(24)13-15(20)3-4-19-18(20)6-9-21(2)22(25,10-11-23(19,21)26)16-7-12-27-14-16/h3,7,12,14,17-19,24-26H,4-6,8-11,13H2,1-2H3/t17?,18-,19-,20+,21-,22?,23-/m1/s1. The second-order valence-electron chi connectivity index (χ2n) is 10.2. The molecule has 0 aliphatic heterocycles. The van der Waals surface area contributed by atoms with Gasteiger partial charge in [0.1, 0.15) is 0 Å². The molecule has 2 unspecified atom stereocenters. The average molecular weight is 389 g/mol. The van der Waals surface area contributed by atoms with Crippen LogP contribution in [-0.4, -0.2) is 27.0 Å². The summed E-state index contributed by atoms with van der Waals surface area (Å²) in [6.45, 7) is 4.51. The molecule has 1 aromatic rings. The van der Waals surface area contributed by atoms with E-state index in [1.54, 1.807) is 11.3 Å². The van der Waals surface area contributed by atoms with Crippen molar-refractivity contribution >= 4 is 11.3 Å². The summed E-state index contributed by atoms with van der Waals surface area (Å²) in [5.41, 5.74) is 0.248. The predicted octanol–water partition coefficient (Wildman–Crippen LogP) is 4.37. The molecule has 27 heavy (non-hydrogen) atoms. The van der Waals surface area contributed by atoms with Gasteiger partial charge in [0.05, 0.1) is 17.3 Å². The molecule has 4 aliphatic carbocycles. The summed E-state index contributed by atoms with van der Waals surface area (Å²) in [6, 6.07) is 2.04. The van der Waals surface area contributed by atoms with Gasteiger partial charge in [0, 0.05) is 5.41 Å². The SMILES string of the molecule is C[C@]12CCC(O)CC1=CC[C@@H]1[C@H]2CC[C@]2(C)C(O)(c3ccsc3)CC[C@@]12O. The molecular formula is C23H32O3S. The summed E-state index contributed by atoms with van der Waals surface area (Å²) in [5.74, 6) is 0.654. The Morgan fingerprint density at radius 1 is 1.04 bits per heavy atom. The number of aliphatic hydroxyl groups excluding tert-OH is 1. The Morgan fingerprint density at radius 3 is 2.59 bits per heavy atom. The molecule has 0 bridgehead atoms. The van der Waals surface area contributed by atoms with Gasteiger partial charge in [0.15, 0.2) is 0 Å². The van der Waals surface area contributed by atoms with Gasteiger partial charge in [0.2, 0.25) is 0 Å². The van der Waals surface area contributed by atoms with Crippen LogP contribution in [0.25, 0.3) is 0 Å². The number of rotatable bonds is 1. The van der Waals surface area contributed by atoms with E-state index in [1.807, 2.05) is 11.4 Å². The summed E-state index contributed by atoms with van der Waals surface area (Å²) in [4.78, 5) is 0. The van der Waals surface area contributed by atoms with Crippen LogP contribution in [0, 0.1) is 22.7 Å². The summed E-state index contributed by atoms with van der Waals surface area (Å²) in [6.07, 6.45) is 8.94. The van der Waals surface area contributed by atoms with Crippen molar-refractivity contribution in [2.24, 2.45) is 22.7 Å². The van der Waals surface area contributed by atoms with E-state index >= 15 is 0 Å². The van der Waals surface area contributed by atoms with Gasteiger partial charge in [-0.1, -0.05) is 25.5 Å². The summed E-state index contributed by atoms with van der Waals surface area (Å²) in [5, 5.41) is 38.2. The Morgan fingerprint density at radius 2 is 1.85 bits per heavy atom. The first-order chi connectivity index (χ1) is 12.7. The molecule has 1 heterocycles. The van der Waals surface area contributed by atoms with Crippen molar-refractivity contribution in [3.05, 3.63) is 34.0 Å².